The average molecular weight is 664 g/mol. The zero-order chi connectivity index (χ0) is 34.4. The molecule has 3 aromatic carbocycles. The summed E-state index contributed by atoms with van der Waals surface area (Å²) in [6.07, 6.45) is 2.24. The molecular weight excluding hydrogens is 621 g/mol. The maximum absolute atomic E-state index is 13.2. The minimum Gasteiger partial charge on any atom is -0.497 e. The van der Waals surface area contributed by atoms with E-state index in [9.17, 15) is 4.79 Å². The van der Waals surface area contributed by atoms with Crippen LogP contribution in [0.3, 0.4) is 0 Å². The molecule has 1 heterocycles. The Kier molecular flexibility index (Phi) is 13.7. The summed E-state index contributed by atoms with van der Waals surface area (Å²) in [5.41, 5.74) is 11.9. The molecule has 0 radical (unpaired) electrons. The zero-order valence-corrected chi connectivity index (χ0v) is 28.9. The Hall–Kier alpha value is -4.60. The van der Waals surface area contributed by atoms with Crippen LogP contribution in [0.4, 0.5) is 0 Å². The van der Waals surface area contributed by atoms with Crippen LogP contribution in [-0.2, 0) is 18.9 Å². The summed E-state index contributed by atoms with van der Waals surface area (Å²) >= 11 is 1.64. The lowest BCUT2D eigenvalue weighted by Crippen LogP contribution is -2.43. The number of aromatic nitrogens is 1. The van der Waals surface area contributed by atoms with Gasteiger partial charge in [-0.25, -0.2) is 0 Å². The third-order valence-electron chi connectivity index (χ3n) is 7.39. The number of amides is 1. The van der Waals surface area contributed by atoms with E-state index in [1.165, 1.54) is 0 Å². The van der Waals surface area contributed by atoms with Gasteiger partial charge in [-0.3, -0.25) is 4.79 Å². The number of carbonyl (C=O) groups excluding carboxylic acids is 1. The van der Waals surface area contributed by atoms with Gasteiger partial charge in [-0.2, -0.15) is 5.10 Å². The van der Waals surface area contributed by atoms with E-state index in [1.54, 1.807) is 49.8 Å². The summed E-state index contributed by atoms with van der Waals surface area (Å²) in [7, 11) is 4.06. The quantitative estimate of drug-likeness (QED) is 0.0500. The Morgan fingerprint density at radius 1 is 0.917 bits per heavy atom. The molecule has 0 fully saturated rings. The van der Waals surface area contributed by atoms with Crippen molar-refractivity contribution in [2.75, 3.05) is 33.6 Å². The van der Waals surface area contributed by atoms with Crippen molar-refractivity contribution >= 4 is 30.6 Å². The first-order chi connectivity index (χ1) is 23.3. The predicted molar refractivity (Wildman–Crippen MR) is 195 cm³/mol. The Bertz CT molecular complexity index is 1740. The molecule has 1 amide bonds. The van der Waals surface area contributed by atoms with Crippen LogP contribution in [0.25, 0.3) is 0 Å². The van der Waals surface area contributed by atoms with Crippen LogP contribution in [0.2, 0.25) is 0 Å². The van der Waals surface area contributed by atoms with Crippen molar-refractivity contribution in [3.63, 3.8) is 0 Å². The molecule has 4 aromatic rings. The summed E-state index contributed by atoms with van der Waals surface area (Å²) < 4.78 is 17.4. The number of nitrogens with zero attached hydrogens (tertiary/aromatic N) is 3. The van der Waals surface area contributed by atoms with Crippen LogP contribution in [0.5, 0.6) is 5.75 Å². The molecule has 48 heavy (non-hydrogen) atoms. The van der Waals surface area contributed by atoms with Gasteiger partial charge < -0.3 is 29.6 Å². The molecular formula is C37H42BN5O4S. The Morgan fingerprint density at radius 2 is 1.52 bits per heavy atom. The zero-order valence-electron chi connectivity index (χ0n) is 28.1. The van der Waals surface area contributed by atoms with Crippen LogP contribution in [0.1, 0.15) is 42.5 Å². The number of nitrogens with one attached hydrogen (secondary N) is 1. The van der Waals surface area contributed by atoms with Crippen molar-refractivity contribution in [3.8, 4) is 17.6 Å². The van der Waals surface area contributed by atoms with Crippen molar-refractivity contribution in [2.45, 2.75) is 31.1 Å². The molecule has 1 aromatic heterocycles. The smallest absolute Gasteiger partial charge is 0.497 e. The van der Waals surface area contributed by atoms with Crippen molar-refractivity contribution in [1.82, 2.24) is 9.79 Å². The van der Waals surface area contributed by atoms with Gasteiger partial charge in [0.05, 0.1) is 17.9 Å². The number of pyridine rings is 1. The summed E-state index contributed by atoms with van der Waals surface area (Å²) in [5.74, 6) is 7.19. The van der Waals surface area contributed by atoms with Crippen molar-refractivity contribution in [3.05, 3.63) is 131 Å². The first kappa shape index (κ1) is 36.2. The number of carbonyl (C=O) groups is 1. The molecule has 0 spiro atoms. The molecule has 0 aliphatic rings. The van der Waals surface area contributed by atoms with Crippen molar-refractivity contribution in [1.29, 1.82) is 0 Å². The lowest BCUT2D eigenvalue weighted by atomic mass is 9.84. The lowest BCUT2D eigenvalue weighted by Gasteiger charge is -2.36. The van der Waals surface area contributed by atoms with Gasteiger partial charge in [0.25, 0.3) is 0 Å². The minimum atomic E-state index is -0.738. The number of thioether (sulfide) groups is 1. The monoisotopic (exact) mass is 663 g/mol. The van der Waals surface area contributed by atoms with Gasteiger partial charge in [0.15, 0.2) is 0 Å². The van der Waals surface area contributed by atoms with E-state index in [1.807, 2.05) is 68.4 Å². The Morgan fingerprint density at radius 3 is 2.08 bits per heavy atom. The molecule has 4 rings (SSSR count). The summed E-state index contributed by atoms with van der Waals surface area (Å²) in [6.45, 7) is 4.10. The largest absolute Gasteiger partial charge is 0.598 e. The van der Waals surface area contributed by atoms with Gasteiger partial charge in [0.1, 0.15) is 11.2 Å². The normalized spacial score (nSPS) is 12.0. The topological polar surface area (TPSA) is 112 Å². The van der Waals surface area contributed by atoms with Crippen LogP contribution in [-0.4, -0.2) is 63.0 Å². The summed E-state index contributed by atoms with van der Waals surface area (Å²) in [6, 6.07) is 31.6. The second kappa shape index (κ2) is 18.1. The number of hydrogen-bond acceptors (Lipinski definition) is 8. The van der Waals surface area contributed by atoms with Gasteiger partial charge in [-0.15, -0.1) is 16.9 Å². The Labute approximate surface area is 287 Å². The number of methoxy groups -OCH3 is 1. The van der Waals surface area contributed by atoms with Gasteiger partial charge >= 0.3 is 7.25 Å². The maximum Gasteiger partial charge on any atom is 0.598 e. The van der Waals surface area contributed by atoms with Gasteiger partial charge in [0, 0.05) is 50.4 Å². The second-order valence-corrected chi connectivity index (χ2v) is 12.2. The van der Waals surface area contributed by atoms with Gasteiger partial charge in [-0.05, 0) is 54.8 Å². The Balaban J connectivity index is 1.46. The van der Waals surface area contributed by atoms with Crippen LogP contribution in [0, 0.1) is 11.8 Å². The van der Waals surface area contributed by atoms with Gasteiger partial charge in [-0.1, -0.05) is 84.6 Å². The first-order valence-electron chi connectivity index (χ1n) is 15.6. The molecule has 0 saturated carbocycles. The third kappa shape index (κ3) is 9.27. The second-order valence-electron chi connectivity index (χ2n) is 11.0. The molecule has 3 N–H and O–H groups in total. The summed E-state index contributed by atoms with van der Waals surface area (Å²) in [4.78, 5) is 13.2. The summed E-state index contributed by atoms with van der Waals surface area (Å²) in [5, 5.41) is 11.4. The fraction of sp³-hybridized carbons (Fsp3) is 0.270. The lowest BCUT2D eigenvalue weighted by molar-refractivity contribution is -0.121. The van der Waals surface area contributed by atoms with Crippen LogP contribution < -0.4 is 21.3 Å². The highest BCUT2D eigenvalue weighted by atomic mass is 32.2. The molecule has 0 aliphatic heterocycles. The highest BCUT2D eigenvalue weighted by Gasteiger charge is 2.38. The van der Waals surface area contributed by atoms with E-state index in [0.29, 0.717) is 24.2 Å². The SMILES string of the molecule is COB(OC)n1cc(C#CCCNC(=O)[C@@H](N)CSC(c2ccccc2)(c2ccccc2)c2ccc(OC)cc2)cc/c1=N\N=C(C)C. The van der Waals surface area contributed by atoms with Gasteiger partial charge in [0.2, 0.25) is 5.91 Å². The highest BCUT2D eigenvalue weighted by Crippen LogP contribution is 2.48. The number of benzene rings is 3. The number of nitrogens with two attached hydrogens (primary N) is 1. The number of hydrogen-bond donors (Lipinski definition) is 2. The standard InChI is InChI=1S/C37H42BN5O4S/c1-28(2)41-42-35-24-19-29(26-43(35)38(46-4)47-5)14-12-13-25-40-36(44)34(39)27-48-37(30-15-8-6-9-16-30,31-17-10-7-11-18-31)32-20-22-33(45-3)23-21-32/h6-11,15-24,26,34H,13,25,27,39H2,1-5H3,(H,40,44)/b42-35+/t34-/m0/s1. The van der Waals surface area contributed by atoms with Crippen LogP contribution in [0.15, 0.2) is 113 Å². The maximum atomic E-state index is 13.2. The van der Waals surface area contributed by atoms with E-state index in [-0.39, 0.29) is 5.91 Å². The van der Waals surface area contributed by atoms with Crippen molar-refractivity contribution in [2.24, 2.45) is 15.9 Å². The molecule has 0 unspecified atom stereocenters. The third-order valence-corrected chi connectivity index (χ3v) is 9.06. The van der Waals surface area contributed by atoms with E-state index in [4.69, 9.17) is 19.8 Å². The van der Waals surface area contributed by atoms with E-state index in [2.05, 4.69) is 63.8 Å². The molecule has 9 nitrogen and oxygen atoms in total. The molecule has 0 aliphatic carbocycles. The molecule has 248 valence electrons. The minimum absolute atomic E-state index is 0.229. The fourth-order valence-electron chi connectivity index (χ4n) is 5.07. The van der Waals surface area contributed by atoms with E-state index < -0.39 is 18.0 Å². The van der Waals surface area contributed by atoms with E-state index >= 15 is 0 Å². The van der Waals surface area contributed by atoms with E-state index in [0.717, 1.165) is 33.7 Å². The molecule has 0 saturated heterocycles. The predicted octanol–water partition coefficient (Wildman–Crippen LogP) is 4.83. The highest BCUT2D eigenvalue weighted by molar-refractivity contribution is 8.00. The average Bonchev–Trinajstić information content (AvgIpc) is 3.12. The van der Waals surface area contributed by atoms with Crippen LogP contribution >= 0.6 is 11.8 Å². The molecule has 1 atom stereocenters. The molecule has 0 bridgehead atoms. The fourth-order valence-corrected chi connectivity index (χ4v) is 6.56. The number of ether oxygens (including phenoxy) is 1. The first-order valence-corrected chi connectivity index (χ1v) is 16.5. The molecule has 11 heteroatoms. The number of rotatable bonds is 14. The van der Waals surface area contributed by atoms with Crippen molar-refractivity contribution < 1.29 is 18.8 Å².